The summed E-state index contributed by atoms with van der Waals surface area (Å²) in [7, 11) is 0. The Kier molecular flexibility index (Phi) is 10.3. The summed E-state index contributed by atoms with van der Waals surface area (Å²) in [4.78, 5) is 64.6. The molecule has 0 aliphatic carbocycles. The van der Waals surface area contributed by atoms with Crippen molar-refractivity contribution in [3.63, 3.8) is 0 Å². The van der Waals surface area contributed by atoms with Gasteiger partial charge < -0.3 is 34.9 Å². The van der Waals surface area contributed by atoms with Gasteiger partial charge in [-0.3, -0.25) is 24.6 Å². The molecule has 0 radical (unpaired) electrons. The summed E-state index contributed by atoms with van der Waals surface area (Å²) in [5.74, 6) is -2.38. The molecular formula is C43H52F2N10O5. The van der Waals surface area contributed by atoms with E-state index in [0.29, 0.717) is 68.2 Å². The average molecular weight is 827 g/mol. The van der Waals surface area contributed by atoms with Crippen LogP contribution in [0.2, 0.25) is 0 Å². The van der Waals surface area contributed by atoms with Gasteiger partial charge in [0, 0.05) is 107 Å². The summed E-state index contributed by atoms with van der Waals surface area (Å²) in [6, 6.07) is 8.84. The summed E-state index contributed by atoms with van der Waals surface area (Å²) in [5.41, 5.74) is 2.89. The second-order valence-electron chi connectivity index (χ2n) is 17.5. The Morgan fingerprint density at radius 1 is 0.950 bits per heavy atom. The predicted molar refractivity (Wildman–Crippen MR) is 220 cm³/mol. The fraction of sp³-hybridized carbons (Fsp3) is 0.535. The SMILES string of the molecule is CC[C@@]12CNc3nnc(-c4cc(F)cc(F)c4O)cc3N1CCN(C(=O)N1[C@H](C)CN(CC3CCN(c4ccc5c(c4)C(=O)N([C@H]4CCC(=O)NC4=O)C5)CC3)C[C@@H]1C)C2. The molecule has 0 saturated carbocycles. The second-order valence-corrected chi connectivity index (χ2v) is 17.5. The molecule has 15 nitrogen and oxygen atoms in total. The van der Waals surface area contributed by atoms with Crippen LogP contribution in [0.1, 0.15) is 68.8 Å². The minimum atomic E-state index is -1.07. The van der Waals surface area contributed by atoms with Crippen molar-refractivity contribution < 1.29 is 33.1 Å². The summed E-state index contributed by atoms with van der Waals surface area (Å²) in [5, 5.41) is 24.6. The van der Waals surface area contributed by atoms with Gasteiger partial charge in [-0.1, -0.05) is 13.0 Å². The highest BCUT2D eigenvalue weighted by molar-refractivity contribution is 6.05. The Morgan fingerprint density at radius 2 is 1.72 bits per heavy atom. The van der Waals surface area contributed by atoms with E-state index in [1.54, 1.807) is 11.0 Å². The lowest BCUT2D eigenvalue weighted by molar-refractivity contribution is -0.136. The first-order valence-corrected chi connectivity index (χ1v) is 21.2. The molecule has 6 aliphatic heterocycles. The van der Waals surface area contributed by atoms with Crippen LogP contribution >= 0.6 is 0 Å². The number of aromatic hydroxyl groups is 1. The third-order valence-corrected chi connectivity index (χ3v) is 13.8. The fourth-order valence-corrected chi connectivity index (χ4v) is 10.6. The smallest absolute Gasteiger partial charge is 0.320 e. The molecule has 1 aromatic heterocycles. The quantitative estimate of drug-likeness (QED) is 0.309. The van der Waals surface area contributed by atoms with Crippen molar-refractivity contribution in [3.05, 3.63) is 59.2 Å². The number of urea groups is 1. The van der Waals surface area contributed by atoms with Gasteiger partial charge in [0.2, 0.25) is 11.8 Å². The van der Waals surface area contributed by atoms with E-state index >= 15 is 0 Å². The minimum Gasteiger partial charge on any atom is -0.504 e. The summed E-state index contributed by atoms with van der Waals surface area (Å²) >= 11 is 0. The number of imide groups is 1. The number of fused-ring (bicyclic) bond motifs is 4. The van der Waals surface area contributed by atoms with E-state index in [2.05, 4.69) is 62.4 Å². The molecule has 3 aromatic rings. The van der Waals surface area contributed by atoms with Crippen LogP contribution in [-0.4, -0.2) is 141 Å². The van der Waals surface area contributed by atoms with Crippen LogP contribution in [0, 0.1) is 17.6 Å². The number of piperazine rings is 2. The number of aromatic nitrogens is 2. The van der Waals surface area contributed by atoms with Gasteiger partial charge >= 0.3 is 6.03 Å². The number of benzene rings is 2. The molecule has 5 amide bonds. The minimum absolute atomic E-state index is 0.0167. The van der Waals surface area contributed by atoms with Crippen molar-refractivity contribution in [2.24, 2.45) is 5.92 Å². The molecule has 2 aromatic carbocycles. The highest BCUT2D eigenvalue weighted by atomic mass is 19.1. The molecule has 9 rings (SSSR count). The number of rotatable bonds is 6. The van der Waals surface area contributed by atoms with E-state index < -0.39 is 34.9 Å². The van der Waals surface area contributed by atoms with Crippen molar-refractivity contribution in [1.29, 1.82) is 0 Å². The molecule has 4 fully saturated rings. The number of carbonyl (C=O) groups is 4. The van der Waals surface area contributed by atoms with Crippen molar-refractivity contribution in [1.82, 2.24) is 35.1 Å². The zero-order chi connectivity index (χ0) is 42.0. The second kappa shape index (κ2) is 15.5. The zero-order valence-electron chi connectivity index (χ0n) is 34.3. The summed E-state index contributed by atoms with van der Waals surface area (Å²) < 4.78 is 28.4. The van der Waals surface area contributed by atoms with E-state index in [-0.39, 0.29) is 47.6 Å². The summed E-state index contributed by atoms with van der Waals surface area (Å²) in [6.07, 6.45) is 3.34. The number of nitrogens with zero attached hydrogens (tertiary/aromatic N) is 8. The predicted octanol–water partition coefficient (Wildman–Crippen LogP) is 4.02. The third kappa shape index (κ3) is 7.03. The van der Waals surface area contributed by atoms with Gasteiger partial charge in [0.1, 0.15) is 11.9 Å². The van der Waals surface area contributed by atoms with Crippen molar-refractivity contribution >= 4 is 40.9 Å². The van der Waals surface area contributed by atoms with Crippen LogP contribution in [0.5, 0.6) is 5.75 Å². The Labute approximate surface area is 347 Å². The van der Waals surface area contributed by atoms with Crippen LogP contribution in [0.15, 0.2) is 36.4 Å². The Bertz CT molecular complexity index is 2230. The number of amides is 5. The molecule has 318 valence electrons. The topological polar surface area (TPSA) is 158 Å². The molecule has 6 aliphatic rings. The molecule has 0 unspecified atom stereocenters. The summed E-state index contributed by atoms with van der Waals surface area (Å²) in [6.45, 7) is 13.1. The zero-order valence-corrected chi connectivity index (χ0v) is 34.3. The van der Waals surface area contributed by atoms with Gasteiger partial charge in [-0.15, -0.1) is 10.2 Å². The van der Waals surface area contributed by atoms with Crippen molar-refractivity contribution in [3.8, 4) is 17.0 Å². The molecule has 0 bridgehead atoms. The number of anilines is 3. The molecule has 60 heavy (non-hydrogen) atoms. The molecular weight excluding hydrogens is 775 g/mol. The third-order valence-electron chi connectivity index (χ3n) is 13.8. The number of phenolic OH excluding ortho intramolecular Hbond substituents is 1. The average Bonchev–Trinajstić information content (AvgIpc) is 3.56. The lowest BCUT2D eigenvalue weighted by Crippen LogP contribution is -2.70. The molecule has 3 N–H and O–H groups in total. The molecule has 4 atom stereocenters. The highest BCUT2D eigenvalue weighted by Gasteiger charge is 2.48. The molecule has 4 saturated heterocycles. The normalized spacial score (nSPS) is 26.1. The largest absolute Gasteiger partial charge is 0.504 e. The van der Waals surface area contributed by atoms with Gasteiger partial charge in [0.15, 0.2) is 17.4 Å². The van der Waals surface area contributed by atoms with Crippen LogP contribution < -0.4 is 20.4 Å². The van der Waals surface area contributed by atoms with Gasteiger partial charge in [0.25, 0.3) is 5.91 Å². The van der Waals surface area contributed by atoms with E-state index in [1.807, 2.05) is 21.9 Å². The monoisotopic (exact) mass is 826 g/mol. The fourth-order valence-electron chi connectivity index (χ4n) is 10.6. The number of phenols is 1. The maximum absolute atomic E-state index is 14.4. The first kappa shape index (κ1) is 39.9. The van der Waals surface area contributed by atoms with E-state index in [0.717, 1.165) is 69.3 Å². The molecule has 17 heteroatoms. The van der Waals surface area contributed by atoms with Gasteiger partial charge in [-0.2, -0.15) is 0 Å². The van der Waals surface area contributed by atoms with Crippen LogP contribution in [0.25, 0.3) is 11.3 Å². The number of hydrogen-bond acceptors (Lipinski definition) is 11. The number of piperidine rings is 2. The maximum Gasteiger partial charge on any atom is 0.320 e. The number of nitrogens with one attached hydrogen (secondary N) is 2. The highest BCUT2D eigenvalue weighted by Crippen LogP contribution is 2.42. The number of hydrogen-bond donors (Lipinski definition) is 3. The number of halogens is 2. The Morgan fingerprint density at radius 3 is 2.45 bits per heavy atom. The van der Waals surface area contributed by atoms with Crippen molar-refractivity contribution in [2.45, 2.75) is 83.1 Å². The van der Waals surface area contributed by atoms with Crippen LogP contribution in [0.3, 0.4) is 0 Å². The Hall–Kier alpha value is -5.58. The van der Waals surface area contributed by atoms with Gasteiger partial charge in [-0.05, 0) is 75.3 Å². The maximum atomic E-state index is 14.4. The van der Waals surface area contributed by atoms with Crippen molar-refractivity contribution in [2.75, 3.05) is 74.0 Å². The van der Waals surface area contributed by atoms with E-state index in [9.17, 15) is 33.1 Å². The lowest BCUT2D eigenvalue weighted by atomic mass is 9.87. The van der Waals surface area contributed by atoms with Crippen LogP contribution in [0.4, 0.5) is 30.8 Å². The number of carbonyl (C=O) groups excluding carboxylic acids is 4. The van der Waals surface area contributed by atoms with Crippen LogP contribution in [-0.2, 0) is 16.1 Å². The lowest BCUT2D eigenvalue weighted by Gasteiger charge is -2.55. The first-order chi connectivity index (χ1) is 28.8. The van der Waals surface area contributed by atoms with E-state index in [4.69, 9.17) is 0 Å². The van der Waals surface area contributed by atoms with Gasteiger partial charge in [-0.25, -0.2) is 13.6 Å². The molecule has 7 heterocycles. The first-order valence-electron chi connectivity index (χ1n) is 21.2. The van der Waals surface area contributed by atoms with Gasteiger partial charge in [0.05, 0.1) is 16.9 Å². The Balaban J connectivity index is 0.796. The van der Waals surface area contributed by atoms with E-state index in [1.165, 1.54) is 0 Å². The molecule has 0 spiro atoms. The standard InChI is InChI=1S/C43H52F2N10O5/c1-4-43-23-46-39-36(18-34(48-49-39)32-15-29(44)16-33(45)38(32)57)54(43)14-13-52(24-43)42(60)55-25(2)19-50(20-26(55)3)21-27-9-11-51(12-10-27)30-6-5-28-22-53(41(59)31(28)17-30)35-7-8-37(56)47-40(35)58/h5-6,15-18,25-27,35,57H,4,7-14,19-24H2,1-3H3,(H,46,49)(H,47,56,58)/t25-,26+,35-,43-/m0/s1.